The van der Waals surface area contributed by atoms with Gasteiger partial charge in [0.05, 0.1) is 10.6 Å². The molecule has 3 aromatic rings. The standard InChI is InChI=1S/C32H41N3O4S/c1-6-21-33-32(37)29(8-3)34(22-27-15-10-9-13-25(27)5)31(36)23-35(30-16-12-11-14-26(30)7-2)40(38,39)28-19-17-24(4)18-20-28/h9-20,29H,6-8,21-23H2,1-5H3,(H,33,37)/t29-/m0/s1. The molecule has 0 spiro atoms. The van der Waals surface area contributed by atoms with Crippen molar-refractivity contribution in [1.82, 2.24) is 10.2 Å². The number of para-hydroxylation sites is 1. The zero-order valence-electron chi connectivity index (χ0n) is 24.2. The molecule has 214 valence electrons. The number of hydrogen-bond donors (Lipinski definition) is 1. The molecule has 0 radical (unpaired) electrons. The molecule has 0 saturated heterocycles. The Hall–Kier alpha value is -3.65. The molecule has 0 fully saturated rings. The van der Waals surface area contributed by atoms with E-state index in [4.69, 9.17) is 0 Å². The SMILES string of the molecule is CCCNC(=O)[C@H](CC)N(Cc1ccccc1C)C(=O)CN(c1ccccc1CC)S(=O)(=O)c1ccc(C)cc1. The Labute approximate surface area is 239 Å². The molecular weight excluding hydrogens is 522 g/mol. The molecule has 0 unspecified atom stereocenters. The number of carbonyl (C=O) groups is 2. The summed E-state index contributed by atoms with van der Waals surface area (Å²) in [6, 6.07) is 20.8. The fourth-order valence-corrected chi connectivity index (χ4v) is 6.11. The maximum Gasteiger partial charge on any atom is 0.264 e. The van der Waals surface area contributed by atoms with E-state index >= 15 is 0 Å². The zero-order chi connectivity index (χ0) is 29.3. The molecule has 7 nitrogen and oxygen atoms in total. The van der Waals surface area contributed by atoms with Gasteiger partial charge in [0.2, 0.25) is 11.8 Å². The molecule has 3 aromatic carbocycles. The third-order valence-electron chi connectivity index (χ3n) is 7.07. The Morgan fingerprint density at radius 2 is 1.48 bits per heavy atom. The van der Waals surface area contributed by atoms with E-state index in [0.29, 0.717) is 25.1 Å². The number of aryl methyl sites for hydroxylation is 3. The maximum absolute atomic E-state index is 14.2. The summed E-state index contributed by atoms with van der Waals surface area (Å²) in [6.45, 7) is 9.89. The Kier molecular flexibility index (Phi) is 10.9. The average molecular weight is 564 g/mol. The second-order valence-corrected chi connectivity index (χ2v) is 11.8. The van der Waals surface area contributed by atoms with E-state index in [1.54, 1.807) is 36.4 Å². The van der Waals surface area contributed by atoms with Gasteiger partial charge in [0.1, 0.15) is 12.6 Å². The third-order valence-corrected chi connectivity index (χ3v) is 8.84. The lowest BCUT2D eigenvalue weighted by molar-refractivity contribution is -0.140. The van der Waals surface area contributed by atoms with Gasteiger partial charge in [-0.2, -0.15) is 0 Å². The molecular formula is C32H41N3O4S. The lowest BCUT2D eigenvalue weighted by Gasteiger charge is -2.34. The predicted octanol–water partition coefficient (Wildman–Crippen LogP) is 5.39. The molecule has 0 aliphatic heterocycles. The minimum absolute atomic E-state index is 0.106. The van der Waals surface area contributed by atoms with E-state index in [1.807, 2.05) is 71.0 Å². The highest BCUT2D eigenvalue weighted by Crippen LogP contribution is 2.28. The number of amides is 2. The summed E-state index contributed by atoms with van der Waals surface area (Å²) in [5.41, 5.74) is 4.09. The van der Waals surface area contributed by atoms with Crippen LogP contribution in [0.25, 0.3) is 0 Å². The number of carbonyl (C=O) groups excluding carboxylic acids is 2. The number of hydrogen-bond acceptors (Lipinski definition) is 4. The zero-order valence-corrected chi connectivity index (χ0v) is 25.0. The molecule has 0 bridgehead atoms. The molecule has 0 aromatic heterocycles. The van der Waals surface area contributed by atoms with E-state index in [-0.39, 0.29) is 17.3 Å². The first kappa shape index (κ1) is 30.9. The Balaban J connectivity index is 2.10. The van der Waals surface area contributed by atoms with Crippen LogP contribution in [0, 0.1) is 13.8 Å². The first-order valence-corrected chi connectivity index (χ1v) is 15.4. The van der Waals surface area contributed by atoms with Crippen molar-refractivity contribution in [2.75, 3.05) is 17.4 Å². The number of nitrogens with one attached hydrogen (secondary N) is 1. The van der Waals surface area contributed by atoms with E-state index in [9.17, 15) is 18.0 Å². The minimum atomic E-state index is -4.09. The van der Waals surface area contributed by atoms with Gasteiger partial charge < -0.3 is 10.2 Å². The van der Waals surface area contributed by atoms with Crippen LogP contribution in [-0.4, -0.2) is 44.3 Å². The van der Waals surface area contributed by atoms with Crippen molar-refractivity contribution in [3.8, 4) is 0 Å². The fraction of sp³-hybridized carbons (Fsp3) is 0.375. The summed E-state index contributed by atoms with van der Waals surface area (Å²) in [5.74, 6) is -0.684. The van der Waals surface area contributed by atoms with Crippen LogP contribution in [0.3, 0.4) is 0 Å². The quantitative estimate of drug-likeness (QED) is 0.302. The Bertz CT molecular complexity index is 1400. The molecule has 0 saturated carbocycles. The van der Waals surface area contributed by atoms with Crippen LogP contribution in [0.5, 0.6) is 0 Å². The minimum Gasteiger partial charge on any atom is -0.354 e. The topological polar surface area (TPSA) is 86.8 Å². The molecule has 1 atom stereocenters. The monoisotopic (exact) mass is 563 g/mol. The second-order valence-electron chi connectivity index (χ2n) is 9.97. The van der Waals surface area contributed by atoms with Crippen LogP contribution in [-0.2, 0) is 32.6 Å². The highest BCUT2D eigenvalue weighted by atomic mass is 32.2. The first-order chi connectivity index (χ1) is 19.1. The molecule has 8 heteroatoms. The van der Waals surface area contributed by atoms with Crippen molar-refractivity contribution in [3.63, 3.8) is 0 Å². The van der Waals surface area contributed by atoms with Gasteiger partial charge in [-0.25, -0.2) is 8.42 Å². The van der Waals surface area contributed by atoms with Crippen LogP contribution in [0.15, 0.2) is 77.7 Å². The van der Waals surface area contributed by atoms with Crippen LogP contribution in [0.2, 0.25) is 0 Å². The first-order valence-electron chi connectivity index (χ1n) is 13.9. The van der Waals surface area contributed by atoms with Gasteiger partial charge in [0.25, 0.3) is 10.0 Å². The summed E-state index contributed by atoms with van der Waals surface area (Å²) >= 11 is 0. The van der Waals surface area contributed by atoms with Crippen molar-refractivity contribution >= 4 is 27.5 Å². The van der Waals surface area contributed by atoms with E-state index in [1.165, 1.54) is 9.21 Å². The van der Waals surface area contributed by atoms with E-state index in [2.05, 4.69) is 5.32 Å². The van der Waals surface area contributed by atoms with Gasteiger partial charge in [-0.1, -0.05) is 80.9 Å². The molecule has 0 aliphatic rings. The Morgan fingerprint density at radius 1 is 0.850 bits per heavy atom. The van der Waals surface area contributed by atoms with Crippen LogP contribution < -0.4 is 9.62 Å². The number of anilines is 1. The Morgan fingerprint density at radius 3 is 2.08 bits per heavy atom. The summed E-state index contributed by atoms with van der Waals surface area (Å²) in [5, 5.41) is 2.92. The molecule has 3 rings (SSSR count). The van der Waals surface area contributed by atoms with E-state index in [0.717, 1.165) is 28.7 Å². The summed E-state index contributed by atoms with van der Waals surface area (Å²) < 4.78 is 29.3. The van der Waals surface area contributed by atoms with Crippen molar-refractivity contribution in [3.05, 3.63) is 95.1 Å². The molecule has 0 heterocycles. The maximum atomic E-state index is 14.2. The number of sulfonamides is 1. The van der Waals surface area contributed by atoms with Crippen LogP contribution in [0.1, 0.15) is 55.9 Å². The number of nitrogens with zero attached hydrogens (tertiary/aromatic N) is 2. The van der Waals surface area contributed by atoms with Gasteiger partial charge in [0, 0.05) is 13.1 Å². The highest BCUT2D eigenvalue weighted by Gasteiger charge is 2.34. The number of rotatable bonds is 13. The van der Waals surface area contributed by atoms with Crippen LogP contribution >= 0.6 is 0 Å². The van der Waals surface area contributed by atoms with Crippen LogP contribution in [0.4, 0.5) is 5.69 Å². The second kappa shape index (κ2) is 14.1. The van der Waals surface area contributed by atoms with Gasteiger partial charge >= 0.3 is 0 Å². The van der Waals surface area contributed by atoms with Gasteiger partial charge in [-0.3, -0.25) is 13.9 Å². The third kappa shape index (κ3) is 7.30. The largest absolute Gasteiger partial charge is 0.354 e. The molecule has 0 aliphatic carbocycles. The molecule has 2 amide bonds. The summed E-state index contributed by atoms with van der Waals surface area (Å²) in [4.78, 5) is 29.1. The van der Waals surface area contributed by atoms with Crippen molar-refractivity contribution in [2.24, 2.45) is 0 Å². The van der Waals surface area contributed by atoms with Crippen molar-refractivity contribution in [2.45, 2.75) is 71.4 Å². The van der Waals surface area contributed by atoms with Crippen molar-refractivity contribution < 1.29 is 18.0 Å². The molecule has 40 heavy (non-hydrogen) atoms. The highest BCUT2D eigenvalue weighted by molar-refractivity contribution is 7.92. The smallest absolute Gasteiger partial charge is 0.264 e. The fourth-order valence-electron chi connectivity index (χ4n) is 4.66. The lowest BCUT2D eigenvalue weighted by Crippen LogP contribution is -2.52. The predicted molar refractivity (Wildman–Crippen MR) is 161 cm³/mol. The number of benzene rings is 3. The summed E-state index contributed by atoms with van der Waals surface area (Å²) in [7, 11) is -4.09. The van der Waals surface area contributed by atoms with Gasteiger partial charge in [-0.05, 0) is 68.0 Å². The average Bonchev–Trinajstić information content (AvgIpc) is 2.95. The summed E-state index contributed by atoms with van der Waals surface area (Å²) in [6.07, 6.45) is 1.75. The van der Waals surface area contributed by atoms with Crippen molar-refractivity contribution in [1.29, 1.82) is 0 Å². The lowest BCUT2D eigenvalue weighted by atomic mass is 10.1. The molecule has 1 N–H and O–H groups in total. The van der Waals surface area contributed by atoms with Gasteiger partial charge in [0.15, 0.2) is 0 Å². The van der Waals surface area contributed by atoms with Gasteiger partial charge in [-0.15, -0.1) is 0 Å². The van der Waals surface area contributed by atoms with E-state index < -0.39 is 28.5 Å². The normalized spacial score (nSPS) is 12.0.